The summed E-state index contributed by atoms with van der Waals surface area (Å²) in [4.78, 5) is 28.8. The molecule has 0 unspecified atom stereocenters. The lowest BCUT2D eigenvalue weighted by Gasteiger charge is -2.09. The van der Waals surface area contributed by atoms with Crippen LogP contribution in [0, 0.1) is 13.8 Å². The molecule has 29 heavy (non-hydrogen) atoms. The largest absolute Gasteiger partial charge is 0.469 e. The molecule has 3 rings (SSSR count). The normalized spacial score (nSPS) is 12.7. The van der Waals surface area contributed by atoms with Gasteiger partial charge < -0.3 is 15.4 Å². The van der Waals surface area contributed by atoms with Crippen molar-refractivity contribution in [1.29, 1.82) is 0 Å². The number of para-hydroxylation sites is 2. The van der Waals surface area contributed by atoms with E-state index in [2.05, 4.69) is 21.7 Å². The lowest BCUT2D eigenvalue weighted by atomic mass is 10.1. The first-order valence-corrected chi connectivity index (χ1v) is 10.1. The number of esters is 1. The number of ether oxygens (including phenoxy) is 1. The van der Waals surface area contributed by atoms with Crippen molar-refractivity contribution < 1.29 is 14.3 Å². The quantitative estimate of drug-likeness (QED) is 0.707. The number of hydrogen-bond acceptors (Lipinski definition) is 6. The van der Waals surface area contributed by atoms with Crippen LogP contribution in [0.5, 0.6) is 0 Å². The average molecular weight is 410 g/mol. The Kier molecular flexibility index (Phi) is 6.72. The van der Waals surface area contributed by atoms with Crippen molar-refractivity contribution in [3.8, 4) is 0 Å². The number of carbonyl (C=O) groups is 2. The zero-order valence-corrected chi connectivity index (χ0v) is 17.4. The van der Waals surface area contributed by atoms with Gasteiger partial charge in [0.05, 0.1) is 35.7 Å². The van der Waals surface area contributed by atoms with E-state index in [0.717, 1.165) is 28.2 Å². The number of anilines is 2. The van der Waals surface area contributed by atoms with Crippen LogP contribution in [-0.2, 0) is 14.3 Å². The molecule has 0 bridgehead atoms. The van der Waals surface area contributed by atoms with Gasteiger partial charge in [-0.05, 0) is 55.3 Å². The van der Waals surface area contributed by atoms with E-state index >= 15 is 0 Å². The first kappa shape index (κ1) is 20.7. The summed E-state index contributed by atoms with van der Waals surface area (Å²) >= 11 is 1.32. The second-order valence-corrected chi connectivity index (χ2v) is 7.72. The number of thioether (sulfide) groups is 1. The van der Waals surface area contributed by atoms with Crippen molar-refractivity contribution in [3.63, 3.8) is 0 Å². The molecule has 7 heteroatoms. The molecule has 1 amide bonds. The predicted molar refractivity (Wildman–Crippen MR) is 119 cm³/mol. The number of aliphatic imine (C=N–C) groups is 1. The van der Waals surface area contributed by atoms with Crippen LogP contribution in [0.15, 0.2) is 59.2 Å². The molecule has 1 aliphatic heterocycles. The number of rotatable bonds is 5. The van der Waals surface area contributed by atoms with Crippen LogP contribution < -0.4 is 10.6 Å². The molecule has 0 aliphatic carbocycles. The number of nitrogens with zero attached hydrogens (tertiary/aromatic N) is 1. The van der Waals surface area contributed by atoms with Gasteiger partial charge in [0.15, 0.2) is 0 Å². The molecule has 150 valence electrons. The van der Waals surface area contributed by atoms with E-state index in [0.29, 0.717) is 10.7 Å². The monoisotopic (exact) mass is 409 g/mol. The Hall–Kier alpha value is -3.06. The number of amides is 1. The first-order valence-electron chi connectivity index (χ1n) is 9.16. The predicted octanol–water partition coefficient (Wildman–Crippen LogP) is 4.58. The summed E-state index contributed by atoms with van der Waals surface area (Å²) in [6, 6.07) is 13.5. The molecule has 2 N–H and O–H groups in total. The zero-order chi connectivity index (χ0) is 20.8. The van der Waals surface area contributed by atoms with Gasteiger partial charge in [-0.1, -0.05) is 30.0 Å². The molecule has 0 spiro atoms. The summed E-state index contributed by atoms with van der Waals surface area (Å²) < 4.78 is 4.77. The minimum absolute atomic E-state index is 0.0964. The molecule has 0 saturated heterocycles. The molecule has 2 aromatic rings. The van der Waals surface area contributed by atoms with Crippen LogP contribution in [-0.4, -0.2) is 29.8 Å². The number of hydrogen-bond donors (Lipinski definition) is 2. The van der Waals surface area contributed by atoms with Gasteiger partial charge in [-0.3, -0.25) is 9.59 Å². The van der Waals surface area contributed by atoms with Gasteiger partial charge >= 0.3 is 5.97 Å². The summed E-state index contributed by atoms with van der Waals surface area (Å²) in [6.45, 7) is 3.99. The van der Waals surface area contributed by atoms with Crippen LogP contribution in [0.4, 0.5) is 17.1 Å². The van der Waals surface area contributed by atoms with E-state index in [1.807, 2.05) is 50.2 Å². The number of benzene rings is 2. The number of aryl methyl sites for hydroxylation is 2. The van der Waals surface area contributed by atoms with E-state index in [1.54, 1.807) is 6.08 Å². The summed E-state index contributed by atoms with van der Waals surface area (Å²) in [6.07, 6.45) is 1.88. The van der Waals surface area contributed by atoms with Crippen molar-refractivity contribution in [1.82, 2.24) is 0 Å². The Morgan fingerprint density at radius 3 is 2.59 bits per heavy atom. The van der Waals surface area contributed by atoms with Gasteiger partial charge in [-0.15, -0.1) is 0 Å². The van der Waals surface area contributed by atoms with Crippen molar-refractivity contribution in [2.45, 2.75) is 20.3 Å². The zero-order valence-electron chi connectivity index (χ0n) is 16.6. The Morgan fingerprint density at radius 2 is 1.86 bits per heavy atom. The van der Waals surface area contributed by atoms with Gasteiger partial charge in [-0.25, -0.2) is 4.99 Å². The van der Waals surface area contributed by atoms with E-state index in [1.165, 1.54) is 18.9 Å². The van der Waals surface area contributed by atoms with E-state index in [4.69, 9.17) is 4.74 Å². The lowest BCUT2D eigenvalue weighted by Crippen LogP contribution is -2.15. The topological polar surface area (TPSA) is 79.8 Å². The molecule has 0 saturated carbocycles. The van der Waals surface area contributed by atoms with Crippen LogP contribution in [0.2, 0.25) is 0 Å². The number of nitrogens with one attached hydrogen (secondary N) is 2. The summed E-state index contributed by atoms with van der Waals surface area (Å²) in [7, 11) is 1.36. The first-order chi connectivity index (χ1) is 13.9. The van der Waals surface area contributed by atoms with Crippen LogP contribution in [0.1, 0.15) is 17.5 Å². The number of fused-ring (bicyclic) bond motifs is 1. The summed E-state index contributed by atoms with van der Waals surface area (Å²) in [5, 5.41) is 6.80. The van der Waals surface area contributed by atoms with Gasteiger partial charge in [0.2, 0.25) is 5.91 Å². The molecule has 6 nitrogen and oxygen atoms in total. The maximum atomic E-state index is 12.4. The molecule has 0 aromatic heterocycles. The molecule has 2 aromatic carbocycles. The molecule has 1 heterocycles. The molecular formula is C22H23N3O3S. The summed E-state index contributed by atoms with van der Waals surface area (Å²) in [5.74, 6) is -0.258. The highest BCUT2D eigenvalue weighted by Gasteiger charge is 2.15. The van der Waals surface area contributed by atoms with Gasteiger partial charge in [0, 0.05) is 11.4 Å². The van der Waals surface area contributed by atoms with Crippen molar-refractivity contribution >= 4 is 45.7 Å². The van der Waals surface area contributed by atoms with Gasteiger partial charge in [0.1, 0.15) is 0 Å². The lowest BCUT2D eigenvalue weighted by molar-refractivity contribution is -0.139. The van der Waals surface area contributed by atoms with Crippen molar-refractivity contribution in [2.24, 2.45) is 4.99 Å². The van der Waals surface area contributed by atoms with E-state index in [9.17, 15) is 9.59 Å². The minimum atomic E-state index is -0.347. The van der Waals surface area contributed by atoms with Gasteiger partial charge in [-0.2, -0.15) is 0 Å². The Morgan fingerprint density at radius 1 is 1.14 bits per heavy atom. The molecular weight excluding hydrogens is 386 g/mol. The molecule has 0 radical (unpaired) electrons. The average Bonchev–Trinajstić information content (AvgIpc) is 2.84. The summed E-state index contributed by atoms with van der Waals surface area (Å²) in [5.41, 5.74) is 5.20. The number of methoxy groups -OCH3 is 1. The highest BCUT2D eigenvalue weighted by atomic mass is 32.2. The van der Waals surface area contributed by atoms with Crippen LogP contribution in [0.25, 0.3) is 0 Å². The molecule has 1 aliphatic rings. The SMILES string of the molecule is COC(=O)CC1=CC(SCC(=O)Nc2cc(C)cc(C)c2)=Nc2ccccc2N1. The molecule has 0 fully saturated rings. The fraction of sp³-hybridized carbons (Fsp3) is 0.227. The van der Waals surface area contributed by atoms with Crippen molar-refractivity contribution in [2.75, 3.05) is 23.5 Å². The smallest absolute Gasteiger partial charge is 0.311 e. The van der Waals surface area contributed by atoms with Gasteiger partial charge in [0.25, 0.3) is 0 Å². The Balaban J connectivity index is 1.73. The van der Waals surface area contributed by atoms with E-state index in [-0.39, 0.29) is 24.1 Å². The van der Waals surface area contributed by atoms with Crippen molar-refractivity contribution in [3.05, 3.63) is 65.4 Å². The minimum Gasteiger partial charge on any atom is -0.469 e. The Bertz CT molecular complexity index is 978. The fourth-order valence-corrected chi connectivity index (χ4v) is 3.71. The highest BCUT2D eigenvalue weighted by Crippen LogP contribution is 2.31. The third-order valence-electron chi connectivity index (χ3n) is 4.15. The fourth-order valence-electron chi connectivity index (χ4n) is 2.97. The van der Waals surface area contributed by atoms with Crippen LogP contribution >= 0.6 is 11.8 Å². The standard InChI is InChI=1S/C22H23N3O3S/c1-14-8-15(2)10-16(9-14)24-20(26)13-29-21-11-17(12-22(27)28-3)23-18-6-4-5-7-19(18)25-21/h4-11,23H,12-13H2,1-3H3,(H,24,26). The second kappa shape index (κ2) is 9.43. The molecule has 0 atom stereocenters. The highest BCUT2D eigenvalue weighted by molar-refractivity contribution is 8.14. The second-order valence-electron chi connectivity index (χ2n) is 6.73. The van der Waals surface area contributed by atoms with E-state index < -0.39 is 0 Å². The Labute approximate surface area is 174 Å². The number of carbonyl (C=O) groups excluding carboxylic acids is 2. The maximum absolute atomic E-state index is 12.4. The third kappa shape index (κ3) is 5.96. The third-order valence-corrected chi connectivity index (χ3v) is 5.06. The maximum Gasteiger partial charge on any atom is 0.311 e. The van der Waals surface area contributed by atoms with Crippen LogP contribution in [0.3, 0.4) is 0 Å².